The molecule has 2 aromatic rings. The second-order valence-electron chi connectivity index (χ2n) is 4.73. The first-order valence-corrected chi connectivity index (χ1v) is 6.49. The highest BCUT2D eigenvalue weighted by Gasteiger charge is 2.15. The molecule has 1 unspecified atom stereocenters. The van der Waals surface area contributed by atoms with Crippen LogP contribution in [0.3, 0.4) is 0 Å². The lowest BCUT2D eigenvalue weighted by Gasteiger charge is -2.17. The summed E-state index contributed by atoms with van der Waals surface area (Å²) in [6.07, 6.45) is 0. The summed E-state index contributed by atoms with van der Waals surface area (Å²) < 4.78 is 7.44. The van der Waals surface area contributed by atoms with E-state index in [4.69, 9.17) is 4.74 Å². The summed E-state index contributed by atoms with van der Waals surface area (Å²) in [4.78, 5) is 23.7. The molecule has 1 N–H and O–H groups in total. The number of hydrogen-bond donors (Lipinski definition) is 1. The number of rotatable bonds is 4. The van der Waals surface area contributed by atoms with E-state index >= 15 is 0 Å². The lowest BCUT2D eigenvalue weighted by Crippen LogP contribution is -2.40. The van der Waals surface area contributed by atoms with Gasteiger partial charge in [0.05, 0.1) is 13.2 Å². The highest BCUT2D eigenvalue weighted by Crippen LogP contribution is 2.25. The fourth-order valence-corrected chi connectivity index (χ4v) is 2.10. The molecule has 1 aromatic heterocycles. The van der Waals surface area contributed by atoms with Crippen molar-refractivity contribution in [2.75, 3.05) is 12.4 Å². The van der Waals surface area contributed by atoms with Crippen molar-refractivity contribution in [1.82, 2.24) is 14.3 Å². The molecule has 112 valence electrons. The zero-order valence-electron chi connectivity index (χ0n) is 12.5. The molecular formula is C14H18N4O3. The summed E-state index contributed by atoms with van der Waals surface area (Å²) in [5, 5.41) is 7.00. The summed E-state index contributed by atoms with van der Waals surface area (Å²) in [5.41, 5.74) is -0.0203. The van der Waals surface area contributed by atoms with Crippen LogP contribution in [0.4, 0.5) is 5.82 Å². The second-order valence-corrected chi connectivity index (χ2v) is 4.73. The normalized spacial score (nSPS) is 12.0. The molecule has 2 rings (SSSR count). The number of anilines is 1. The van der Waals surface area contributed by atoms with Crippen LogP contribution in [0.1, 0.15) is 18.5 Å². The summed E-state index contributed by atoms with van der Waals surface area (Å²) in [6.45, 7) is 1.89. The zero-order valence-corrected chi connectivity index (χ0v) is 12.5. The van der Waals surface area contributed by atoms with Gasteiger partial charge in [0.1, 0.15) is 5.75 Å². The lowest BCUT2D eigenvalue weighted by atomic mass is 10.1. The molecule has 21 heavy (non-hydrogen) atoms. The maximum Gasteiger partial charge on any atom is 0.346 e. The number of para-hydroxylation sites is 1. The van der Waals surface area contributed by atoms with Gasteiger partial charge in [0.15, 0.2) is 0 Å². The van der Waals surface area contributed by atoms with Gasteiger partial charge in [0, 0.05) is 19.7 Å². The Labute approximate surface area is 121 Å². The Morgan fingerprint density at radius 3 is 2.57 bits per heavy atom. The van der Waals surface area contributed by atoms with Gasteiger partial charge in [-0.3, -0.25) is 9.36 Å². The molecule has 1 aromatic carbocycles. The fourth-order valence-electron chi connectivity index (χ4n) is 2.10. The minimum Gasteiger partial charge on any atom is -0.496 e. The van der Waals surface area contributed by atoms with Crippen LogP contribution in [-0.2, 0) is 14.1 Å². The third-order valence-electron chi connectivity index (χ3n) is 3.28. The van der Waals surface area contributed by atoms with Crippen molar-refractivity contribution in [2.24, 2.45) is 14.1 Å². The molecule has 1 atom stereocenters. The van der Waals surface area contributed by atoms with Crippen molar-refractivity contribution < 1.29 is 4.74 Å². The third kappa shape index (κ3) is 2.81. The van der Waals surface area contributed by atoms with E-state index in [0.717, 1.165) is 20.6 Å². The molecular weight excluding hydrogens is 272 g/mol. The van der Waals surface area contributed by atoms with Crippen LogP contribution >= 0.6 is 0 Å². The monoisotopic (exact) mass is 290 g/mol. The largest absolute Gasteiger partial charge is 0.496 e. The van der Waals surface area contributed by atoms with E-state index in [1.54, 1.807) is 7.11 Å². The third-order valence-corrected chi connectivity index (χ3v) is 3.28. The van der Waals surface area contributed by atoms with Crippen LogP contribution < -0.4 is 21.3 Å². The van der Waals surface area contributed by atoms with Crippen molar-refractivity contribution in [3.05, 3.63) is 50.7 Å². The summed E-state index contributed by atoms with van der Waals surface area (Å²) in [6, 6.07) is 7.32. The minimum atomic E-state index is -0.463. The first-order chi connectivity index (χ1) is 9.95. The average molecular weight is 290 g/mol. The molecule has 7 nitrogen and oxygen atoms in total. The quantitative estimate of drug-likeness (QED) is 0.895. The number of nitrogens with one attached hydrogen (secondary N) is 1. The Morgan fingerprint density at radius 2 is 1.90 bits per heavy atom. The zero-order chi connectivity index (χ0) is 15.6. The Bertz CT molecular complexity index is 764. The van der Waals surface area contributed by atoms with Crippen LogP contribution in [0.25, 0.3) is 0 Å². The predicted molar refractivity (Wildman–Crippen MR) is 79.8 cm³/mol. The van der Waals surface area contributed by atoms with Crippen LogP contribution in [-0.4, -0.2) is 21.5 Å². The topological polar surface area (TPSA) is 78.2 Å². The Hall–Kier alpha value is -2.57. The maximum absolute atomic E-state index is 12.1. The van der Waals surface area contributed by atoms with Gasteiger partial charge in [-0.05, 0) is 13.0 Å². The van der Waals surface area contributed by atoms with Crippen molar-refractivity contribution in [1.29, 1.82) is 0 Å². The van der Waals surface area contributed by atoms with E-state index in [2.05, 4.69) is 10.4 Å². The van der Waals surface area contributed by atoms with Gasteiger partial charge >= 0.3 is 5.69 Å². The average Bonchev–Trinajstić information content (AvgIpc) is 2.50. The van der Waals surface area contributed by atoms with Crippen molar-refractivity contribution in [3.63, 3.8) is 0 Å². The number of nitrogens with zero attached hydrogens (tertiary/aromatic N) is 3. The Kier molecular flexibility index (Phi) is 4.11. The first-order valence-electron chi connectivity index (χ1n) is 6.49. The number of benzene rings is 1. The molecule has 0 fully saturated rings. The van der Waals surface area contributed by atoms with Gasteiger partial charge in [-0.1, -0.05) is 18.2 Å². The Morgan fingerprint density at radius 1 is 1.24 bits per heavy atom. The number of ether oxygens (including phenoxy) is 1. The number of methoxy groups -OCH3 is 1. The van der Waals surface area contributed by atoms with E-state index in [-0.39, 0.29) is 11.9 Å². The van der Waals surface area contributed by atoms with Crippen LogP contribution in [0.15, 0.2) is 33.9 Å². The van der Waals surface area contributed by atoms with E-state index in [0.29, 0.717) is 0 Å². The standard InChI is InChI=1S/C14H18N4O3/c1-9(10-7-5-6-8-11(10)21-4)15-12-13(19)17(2)14(20)18(3)16-12/h5-9H,1-4H3,(H,15,16). The van der Waals surface area contributed by atoms with Crippen LogP contribution in [0.5, 0.6) is 5.75 Å². The molecule has 0 amide bonds. The lowest BCUT2D eigenvalue weighted by molar-refractivity contribution is 0.408. The molecule has 0 bridgehead atoms. The van der Waals surface area contributed by atoms with Crippen molar-refractivity contribution in [2.45, 2.75) is 13.0 Å². The number of hydrogen-bond acceptors (Lipinski definition) is 5. The summed E-state index contributed by atoms with van der Waals surface area (Å²) in [5.74, 6) is 0.845. The second kappa shape index (κ2) is 5.82. The molecule has 0 spiro atoms. The molecule has 0 aliphatic rings. The van der Waals surface area contributed by atoms with E-state index < -0.39 is 11.2 Å². The predicted octanol–water partition coefficient (Wildman–Crippen LogP) is 0.661. The highest BCUT2D eigenvalue weighted by atomic mass is 16.5. The van der Waals surface area contributed by atoms with Gasteiger partial charge in [-0.25, -0.2) is 9.48 Å². The summed E-state index contributed by atoms with van der Waals surface area (Å²) in [7, 11) is 4.51. The SMILES string of the molecule is COc1ccccc1C(C)Nc1nn(C)c(=O)n(C)c1=O. The first kappa shape index (κ1) is 14.8. The molecule has 0 saturated carbocycles. The van der Waals surface area contributed by atoms with Gasteiger partial charge < -0.3 is 10.1 Å². The number of aryl methyl sites for hydroxylation is 1. The van der Waals surface area contributed by atoms with E-state index in [1.165, 1.54) is 14.1 Å². The van der Waals surface area contributed by atoms with Crippen molar-refractivity contribution >= 4 is 5.82 Å². The minimum absolute atomic E-state index is 0.123. The van der Waals surface area contributed by atoms with Crippen LogP contribution in [0.2, 0.25) is 0 Å². The van der Waals surface area contributed by atoms with E-state index in [1.807, 2.05) is 31.2 Å². The smallest absolute Gasteiger partial charge is 0.346 e. The molecule has 1 heterocycles. The maximum atomic E-state index is 12.1. The molecule has 0 aliphatic carbocycles. The fraction of sp³-hybridized carbons (Fsp3) is 0.357. The van der Waals surface area contributed by atoms with Gasteiger partial charge in [-0.2, -0.15) is 0 Å². The number of aromatic nitrogens is 3. The molecule has 7 heteroatoms. The molecule has 0 saturated heterocycles. The highest BCUT2D eigenvalue weighted by molar-refractivity contribution is 5.41. The summed E-state index contributed by atoms with van der Waals surface area (Å²) >= 11 is 0. The molecule has 0 aliphatic heterocycles. The molecule has 0 radical (unpaired) electrons. The van der Waals surface area contributed by atoms with E-state index in [9.17, 15) is 9.59 Å². The Balaban J connectivity index is 2.39. The van der Waals surface area contributed by atoms with Gasteiger partial charge in [0.2, 0.25) is 5.82 Å². The van der Waals surface area contributed by atoms with Gasteiger partial charge in [-0.15, -0.1) is 5.10 Å². The van der Waals surface area contributed by atoms with Gasteiger partial charge in [0.25, 0.3) is 5.56 Å². The van der Waals surface area contributed by atoms with Crippen molar-refractivity contribution in [3.8, 4) is 5.75 Å². The van der Waals surface area contributed by atoms with Crippen LogP contribution in [0, 0.1) is 0 Å².